The Labute approximate surface area is 193 Å². The molecule has 4 rings (SSSR count). The molecule has 0 aliphatic heterocycles. The number of hydrogen-bond acceptors (Lipinski definition) is 6. The average Bonchev–Trinajstić information content (AvgIpc) is 2.82. The van der Waals surface area contributed by atoms with E-state index >= 15 is 0 Å². The van der Waals surface area contributed by atoms with Crippen molar-refractivity contribution in [2.75, 3.05) is 28.4 Å². The first-order valence-electron chi connectivity index (χ1n) is 10.5. The lowest BCUT2D eigenvalue weighted by atomic mass is 10.0. The van der Waals surface area contributed by atoms with Crippen LogP contribution in [0.2, 0.25) is 0 Å². The van der Waals surface area contributed by atoms with Crippen molar-refractivity contribution in [1.29, 1.82) is 0 Å². The monoisotopic (exact) mass is 445 g/mol. The van der Waals surface area contributed by atoms with E-state index < -0.39 is 0 Å². The molecule has 33 heavy (non-hydrogen) atoms. The van der Waals surface area contributed by atoms with Gasteiger partial charge in [0.15, 0.2) is 11.5 Å². The maximum Gasteiger partial charge on any atom is 0.161 e. The van der Waals surface area contributed by atoms with Crippen LogP contribution in [0.3, 0.4) is 0 Å². The Balaban J connectivity index is 2.03. The van der Waals surface area contributed by atoms with Gasteiger partial charge in [-0.1, -0.05) is 6.07 Å². The third-order valence-corrected chi connectivity index (χ3v) is 5.48. The minimum atomic E-state index is 0.624. The van der Waals surface area contributed by atoms with Crippen molar-refractivity contribution in [3.05, 3.63) is 71.1 Å². The SMILES string of the molecule is COc1ccc(OC)c(N=c2cc(-c3ccc(OC)c(OC)c3)oc3cc(C)cc(C)c23)c1. The molecule has 0 spiro atoms. The van der Waals surface area contributed by atoms with Gasteiger partial charge in [0.25, 0.3) is 0 Å². The van der Waals surface area contributed by atoms with Gasteiger partial charge in [-0.3, -0.25) is 0 Å². The molecule has 0 amide bonds. The molecule has 0 atom stereocenters. The third kappa shape index (κ3) is 4.37. The Morgan fingerprint density at radius 2 is 1.42 bits per heavy atom. The van der Waals surface area contributed by atoms with Gasteiger partial charge in [-0.25, -0.2) is 4.99 Å². The Morgan fingerprint density at radius 3 is 2.12 bits per heavy atom. The lowest BCUT2D eigenvalue weighted by molar-refractivity contribution is 0.355. The number of hydrogen-bond donors (Lipinski definition) is 0. The first kappa shape index (κ1) is 22.3. The van der Waals surface area contributed by atoms with Crippen LogP contribution in [0.1, 0.15) is 11.1 Å². The van der Waals surface area contributed by atoms with Crippen LogP contribution in [0.15, 0.2) is 64.0 Å². The smallest absolute Gasteiger partial charge is 0.161 e. The molecule has 0 aliphatic carbocycles. The van der Waals surface area contributed by atoms with E-state index in [0.717, 1.165) is 33.0 Å². The van der Waals surface area contributed by atoms with Crippen molar-refractivity contribution in [2.45, 2.75) is 13.8 Å². The number of fused-ring (bicyclic) bond motifs is 1. The fourth-order valence-corrected chi connectivity index (χ4v) is 3.92. The van der Waals surface area contributed by atoms with E-state index in [4.69, 9.17) is 28.4 Å². The van der Waals surface area contributed by atoms with E-state index in [2.05, 4.69) is 13.0 Å². The fraction of sp³-hybridized carbons (Fsp3) is 0.222. The Kier molecular flexibility index (Phi) is 6.27. The van der Waals surface area contributed by atoms with E-state index in [0.29, 0.717) is 34.4 Å². The number of benzene rings is 3. The van der Waals surface area contributed by atoms with Gasteiger partial charge in [-0.05, 0) is 61.4 Å². The molecule has 4 aromatic rings. The molecule has 0 fully saturated rings. The van der Waals surface area contributed by atoms with Crippen molar-refractivity contribution in [3.63, 3.8) is 0 Å². The summed E-state index contributed by atoms with van der Waals surface area (Å²) < 4.78 is 28.2. The highest BCUT2D eigenvalue weighted by molar-refractivity contribution is 5.83. The van der Waals surface area contributed by atoms with Crippen LogP contribution in [0.25, 0.3) is 22.3 Å². The minimum absolute atomic E-state index is 0.624. The van der Waals surface area contributed by atoms with Crippen molar-refractivity contribution in [1.82, 2.24) is 0 Å². The zero-order valence-corrected chi connectivity index (χ0v) is 19.7. The highest BCUT2D eigenvalue weighted by Crippen LogP contribution is 2.34. The van der Waals surface area contributed by atoms with E-state index in [1.54, 1.807) is 28.4 Å². The summed E-state index contributed by atoms with van der Waals surface area (Å²) in [6.07, 6.45) is 0. The second-order valence-corrected chi connectivity index (χ2v) is 7.67. The Hall–Kier alpha value is -3.93. The number of aryl methyl sites for hydroxylation is 2. The maximum absolute atomic E-state index is 6.35. The summed E-state index contributed by atoms with van der Waals surface area (Å²) in [4.78, 5) is 4.98. The van der Waals surface area contributed by atoms with Gasteiger partial charge < -0.3 is 23.4 Å². The first-order valence-corrected chi connectivity index (χ1v) is 10.5. The van der Waals surface area contributed by atoms with Crippen LogP contribution in [0.4, 0.5) is 5.69 Å². The van der Waals surface area contributed by atoms with Gasteiger partial charge >= 0.3 is 0 Å². The number of rotatable bonds is 6. The summed E-state index contributed by atoms with van der Waals surface area (Å²) in [7, 11) is 6.48. The zero-order chi connectivity index (χ0) is 23.5. The fourth-order valence-electron chi connectivity index (χ4n) is 3.92. The van der Waals surface area contributed by atoms with Crippen LogP contribution < -0.4 is 24.3 Å². The van der Waals surface area contributed by atoms with Gasteiger partial charge in [0.1, 0.15) is 28.5 Å². The summed E-state index contributed by atoms with van der Waals surface area (Å²) in [5.74, 6) is 3.29. The zero-order valence-electron chi connectivity index (χ0n) is 19.7. The molecule has 0 aliphatic rings. The molecule has 1 aromatic heterocycles. The molecule has 0 radical (unpaired) electrons. The van der Waals surface area contributed by atoms with Crippen LogP contribution in [0, 0.1) is 13.8 Å². The maximum atomic E-state index is 6.35. The second-order valence-electron chi connectivity index (χ2n) is 7.67. The minimum Gasteiger partial charge on any atom is -0.497 e. The topological polar surface area (TPSA) is 62.4 Å². The summed E-state index contributed by atoms with van der Waals surface area (Å²) in [6.45, 7) is 4.11. The van der Waals surface area contributed by atoms with E-state index in [1.165, 1.54) is 0 Å². The number of nitrogens with zero attached hydrogens (tertiary/aromatic N) is 1. The molecule has 0 N–H and O–H groups in total. The molecule has 170 valence electrons. The molecule has 0 bridgehead atoms. The van der Waals surface area contributed by atoms with Gasteiger partial charge in [0, 0.05) is 23.1 Å². The summed E-state index contributed by atoms with van der Waals surface area (Å²) >= 11 is 0. The van der Waals surface area contributed by atoms with E-state index in [-0.39, 0.29) is 0 Å². The Morgan fingerprint density at radius 1 is 0.697 bits per heavy atom. The standard InChI is InChI=1S/C27H27NO5/c1-16-11-17(2)27-21(28-20-14-19(29-3)8-10-22(20)30-4)15-24(33-26(27)12-16)18-7-9-23(31-5)25(13-18)32-6/h7-15H,1-6H3. The highest BCUT2D eigenvalue weighted by atomic mass is 16.5. The number of ether oxygens (including phenoxy) is 4. The molecule has 0 saturated heterocycles. The van der Waals surface area contributed by atoms with Gasteiger partial charge in [0.2, 0.25) is 0 Å². The molecule has 6 nitrogen and oxygen atoms in total. The van der Waals surface area contributed by atoms with Gasteiger partial charge in [-0.15, -0.1) is 0 Å². The molecule has 0 unspecified atom stereocenters. The summed E-state index contributed by atoms with van der Waals surface area (Å²) in [5.41, 5.74) is 4.46. The Bertz CT molecular complexity index is 1390. The van der Waals surface area contributed by atoms with E-state index in [9.17, 15) is 0 Å². The summed E-state index contributed by atoms with van der Waals surface area (Å²) in [6, 6.07) is 17.3. The molecular weight excluding hydrogens is 418 g/mol. The third-order valence-electron chi connectivity index (χ3n) is 5.48. The van der Waals surface area contributed by atoms with Gasteiger partial charge in [-0.2, -0.15) is 0 Å². The van der Waals surface area contributed by atoms with Crippen LogP contribution in [-0.4, -0.2) is 28.4 Å². The molecule has 0 saturated carbocycles. The summed E-state index contributed by atoms with van der Waals surface area (Å²) in [5, 5.41) is 1.71. The molecular formula is C27H27NO5. The van der Waals surface area contributed by atoms with Crippen LogP contribution >= 0.6 is 0 Å². The largest absolute Gasteiger partial charge is 0.497 e. The van der Waals surface area contributed by atoms with Gasteiger partial charge in [0.05, 0.1) is 33.8 Å². The molecule has 1 heterocycles. The van der Waals surface area contributed by atoms with Crippen molar-refractivity contribution in [3.8, 4) is 34.3 Å². The predicted octanol–water partition coefficient (Wildman–Crippen LogP) is 5.98. The highest BCUT2D eigenvalue weighted by Gasteiger charge is 2.13. The molecule has 6 heteroatoms. The second kappa shape index (κ2) is 9.28. The van der Waals surface area contributed by atoms with Crippen molar-refractivity contribution >= 4 is 16.7 Å². The first-order chi connectivity index (χ1) is 16.0. The van der Waals surface area contributed by atoms with Crippen LogP contribution in [0.5, 0.6) is 23.0 Å². The van der Waals surface area contributed by atoms with Crippen molar-refractivity contribution in [2.24, 2.45) is 4.99 Å². The predicted molar refractivity (Wildman–Crippen MR) is 129 cm³/mol. The number of methoxy groups -OCH3 is 4. The quantitative estimate of drug-likeness (QED) is 0.365. The molecule has 3 aromatic carbocycles. The van der Waals surface area contributed by atoms with Crippen molar-refractivity contribution < 1.29 is 23.4 Å². The average molecular weight is 446 g/mol. The van der Waals surface area contributed by atoms with E-state index in [1.807, 2.05) is 55.5 Å². The van der Waals surface area contributed by atoms with Crippen LogP contribution in [-0.2, 0) is 0 Å². The lowest BCUT2D eigenvalue weighted by Crippen LogP contribution is -2.06. The normalized spacial score (nSPS) is 11.5. The lowest BCUT2D eigenvalue weighted by Gasteiger charge is -2.12.